The Balaban J connectivity index is 3.32. The number of aromatic nitrogens is 1. The van der Waals surface area contributed by atoms with Crippen LogP contribution in [0.4, 0.5) is 13.2 Å². The summed E-state index contributed by atoms with van der Waals surface area (Å²) in [6.45, 7) is 0. The zero-order valence-electron chi connectivity index (χ0n) is 7.50. The van der Waals surface area contributed by atoms with Crippen molar-refractivity contribution in [1.29, 1.82) is 0 Å². The van der Waals surface area contributed by atoms with Crippen molar-refractivity contribution in [2.24, 2.45) is 0 Å². The summed E-state index contributed by atoms with van der Waals surface area (Å²) in [6, 6.07) is 0.584. The van der Waals surface area contributed by atoms with Gasteiger partial charge >= 0.3 is 12.1 Å². The molecular weight excluding hydrogens is 231 g/mol. The summed E-state index contributed by atoms with van der Waals surface area (Å²) in [5.74, 6) is -1.43. The van der Waals surface area contributed by atoms with Gasteiger partial charge in [-0.3, -0.25) is 0 Å². The van der Waals surface area contributed by atoms with Gasteiger partial charge in [0.15, 0.2) is 0 Å². The number of carboxylic acids is 1. The van der Waals surface area contributed by atoms with Crippen LogP contribution in [-0.2, 0) is 6.18 Å². The van der Waals surface area contributed by atoms with Gasteiger partial charge in [0, 0.05) is 6.20 Å². The maximum Gasteiger partial charge on any atom is 0.419 e. The Morgan fingerprint density at radius 3 is 2.53 bits per heavy atom. The second-order valence-corrected chi connectivity index (χ2v) is 3.38. The third kappa shape index (κ3) is 2.62. The maximum atomic E-state index is 12.4. The third-order valence-electron chi connectivity index (χ3n) is 1.60. The summed E-state index contributed by atoms with van der Waals surface area (Å²) in [7, 11) is 0. The van der Waals surface area contributed by atoms with Gasteiger partial charge in [-0.15, -0.1) is 11.8 Å². The predicted octanol–water partition coefficient (Wildman–Crippen LogP) is 2.52. The fourth-order valence-corrected chi connectivity index (χ4v) is 1.49. The van der Waals surface area contributed by atoms with Gasteiger partial charge in [-0.1, -0.05) is 0 Å². The summed E-state index contributed by atoms with van der Waals surface area (Å²) in [4.78, 5) is 13.9. The number of hydrogen-bond acceptors (Lipinski definition) is 3. The van der Waals surface area contributed by atoms with E-state index in [2.05, 4.69) is 4.98 Å². The van der Waals surface area contributed by atoms with Crippen molar-refractivity contribution in [3.8, 4) is 0 Å². The number of hydrogen-bond donors (Lipinski definition) is 1. The van der Waals surface area contributed by atoms with Gasteiger partial charge in [0.05, 0.1) is 11.1 Å². The molecule has 1 N–H and O–H groups in total. The SMILES string of the molecule is CSc1ncc(C(=O)O)cc1C(F)(F)F. The van der Waals surface area contributed by atoms with Crippen LogP contribution in [-0.4, -0.2) is 22.3 Å². The minimum Gasteiger partial charge on any atom is -0.478 e. The quantitative estimate of drug-likeness (QED) is 0.803. The second-order valence-electron chi connectivity index (χ2n) is 2.58. The molecule has 0 aliphatic rings. The van der Waals surface area contributed by atoms with Crippen molar-refractivity contribution in [2.45, 2.75) is 11.2 Å². The Hall–Kier alpha value is -1.24. The Labute approximate surface area is 87.3 Å². The second kappa shape index (κ2) is 4.09. The van der Waals surface area contributed by atoms with E-state index in [0.717, 1.165) is 18.0 Å². The summed E-state index contributed by atoms with van der Waals surface area (Å²) in [6.07, 6.45) is -2.24. The molecule has 82 valence electrons. The first kappa shape index (κ1) is 11.8. The Morgan fingerprint density at radius 1 is 1.53 bits per heavy atom. The molecule has 0 fully saturated rings. The summed E-state index contributed by atoms with van der Waals surface area (Å²) in [5, 5.41) is 8.30. The third-order valence-corrected chi connectivity index (χ3v) is 2.31. The van der Waals surface area contributed by atoms with Gasteiger partial charge in [-0.25, -0.2) is 9.78 Å². The standard InChI is InChI=1S/C8H6F3NO2S/c1-15-6-5(8(9,10)11)2-4(3-12-6)7(13)14/h2-3H,1H3,(H,13,14). The van der Waals surface area contributed by atoms with Crippen LogP contribution in [0.2, 0.25) is 0 Å². The first-order valence-electron chi connectivity index (χ1n) is 3.70. The van der Waals surface area contributed by atoms with E-state index in [1.807, 2.05) is 0 Å². The molecule has 0 radical (unpaired) electrons. The average Bonchev–Trinajstić information content (AvgIpc) is 2.15. The zero-order valence-corrected chi connectivity index (χ0v) is 8.32. The summed E-state index contributed by atoms with van der Waals surface area (Å²) < 4.78 is 37.3. The molecule has 0 unspecified atom stereocenters. The van der Waals surface area contributed by atoms with Crippen molar-refractivity contribution in [3.05, 3.63) is 23.4 Å². The minimum atomic E-state index is -4.59. The number of aromatic carboxylic acids is 1. The Kier molecular flexibility index (Phi) is 3.23. The van der Waals surface area contributed by atoms with E-state index in [-0.39, 0.29) is 5.03 Å². The smallest absolute Gasteiger partial charge is 0.419 e. The molecule has 0 amide bonds. The van der Waals surface area contributed by atoms with Gasteiger partial charge in [0.25, 0.3) is 0 Å². The number of halogens is 3. The molecule has 1 aromatic heterocycles. The molecule has 1 heterocycles. The summed E-state index contributed by atoms with van der Waals surface area (Å²) >= 11 is 0.819. The molecule has 0 spiro atoms. The predicted molar refractivity (Wildman–Crippen MR) is 48.0 cm³/mol. The number of carbonyl (C=O) groups is 1. The molecule has 0 bridgehead atoms. The highest BCUT2D eigenvalue weighted by atomic mass is 32.2. The molecule has 1 rings (SSSR count). The normalized spacial score (nSPS) is 11.5. The first-order valence-corrected chi connectivity index (χ1v) is 4.93. The monoisotopic (exact) mass is 237 g/mol. The molecule has 0 aliphatic carbocycles. The van der Waals surface area contributed by atoms with Crippen LogP contribution in [0.25, 0.3) is 0 Å². The van der Waals surface area contributed by atoms with E-state index in [0.29, 0.717) is 6.07 Å². The molecule has 0 saturated heterocycles. The molecule has 0 atom stereocenters. The minimum absolute atomic E-state index is 0.229. The lowest BCUT2D eigenvalue weighted by Gasteiger charge is -2.10. The zero-order chi connectivity index (χ0) is 11.6. The first-order chi connectivity index (χ1) is 6.86. The van der Waals surface area contributed by atoms with Crippen molar-refractivity contribution in [2.75, 3.05) is 6.26 Å². The highest BCUT2D eigenvalue weighted by Crippen LogP contribution is 2.35. The number of alkyl halides is 3. The number of pyridine rings is 1. The van der Waals surface area contributed by atoms with E-state index in [9.17, 15) is 18.0 Å². The Morgan fingerprint density at radius 2 is 2.13 bits per heavy atom. The van der Waals surface area contributed by atoms with Crippen LogP contribution in [0.1, 0.15) is 15.9 Å². The molecular formula is C8H6F3NO2S. The van der Waals surface area contributed by atoms with E-state index < -0.39 is 23.3 Å². The topological polar surface area (TPSA) is 50.2 Å². The van der Waals surface area contributed by atoms with Crippen LogP contribution in [0, 0.1) is 0 Å². The molecule has 0 aliphatic heterocycles. The lowest BCUT2D eigenvalue weighted by atomic mass is 10.2. The maximum absolute atomic E-state index is 12.4. The Bertz CT molecular complexity index is 392. The van der Waals surface area contributed by atoms with Crippen LogP contribution in [0.5, 0.6) is 0 Å². The van der Waals surface area contributed by atoms with E-state index in [1.165, 1.54) is 6.26 Å². The van der Waals surface area contributed by atoms with Crippen LogP contribution in [0.3, 0.4) is 0 Å². The molecule has 7 heteroatoms. The largest absolute Gasteiger partial charge is 0.478 e. The number of thioether (sulfide) groups is 1. The van der Waals surface area contributed by atoms with Gasteiger partial charge < -0.3 is 5.11 Å². The van der Waals surface area contributed by atoms with Crippen molar-refractivity contribution >= 4 is 17.7 Å². The van der Waals surface area contributed by atoms with E-state index >= 15 is 0 Å². The van der Waals surface area contributed by atoms with E-state index in [4.69, 9.17) is 5.11 Å². The summed E-state index contributed by atoms with van der Waals surface area (Å²) in [5.41, 5.74) is -1.49. The average molecular weight is 237 g/mol. The fourth-order valence-electron chi connectivity index (χ4n) is 0.935. The van der Waals surface area contributed by atoms with Gasteiger partial charge in [0.1, 0.15) is 5.03 Å². The van der Waals surface area contributed by atoms with Crippen LogP contribution >= 0.6 is 11.8 Å². The van der Waals surface area contributed by atoms with Gasteiger partial charge in [-0.2, -0.15) is 13.2 Å². The highest BCUT2D eigenvalue weighted by molar-refractivity contribution is 7.98. The molecule has 1 aromatic rings. The molecule has 15 heavy (non-hydrogen) atoms. The molecule has 0 aromatic carbocycles. The lowest BCUT2D eigenvalue weighted by Crippen LogP contribution is -2.10. The van der Waals surface area contributed by atoms with Crippen LogP contribution < -0.4 is 0 Å². The van der Waals surface area contributed by atoms with Crippen molar-refractivity contribution < 1.29 is 23.1 Å². The highest BCUT2D eigenvalue weighted by Gasteiger charge is 2.34. The van der Waals surface area contributed by atoms with Crippen molar-refractivity contribution in [1.82, 2.24) is 4.98 Å². The molecule has 0 saturated carbocycles. The number of carboxylic acid groups (broad SMARTS) is 1. The number of rotatable bonds is 2. The van der Waals surface area contributed by atoms with Crippen LogP contribution in [0.15, 0.2) is 17.3 Å². The van der Waals surface area contributed by atoms with Gasteiger partial charge in [-0.05, 0) is 12.3 Å². The lowest BCUT2D eigenvalue weighted by molar-refractivity contribution is -0.140. The fraction of sp³-hybridized carbons (Fsp3) is 0.250. The molecule has 3 nitrogen and oxygen atoms in total. The van der Waals surface area contributed by atoms with Gasteiger partial charge in [0.2, 0.25) is 0 Å². The number of nitrogens with zero attached hydrogens (tertiary/aromatic N) is 1. The van der Waals surface area contributed by atoms with E-state index in [1.54, 1.807) is 0 Å². The van der Waals surface area contributed by atoms with Crippen molar-refractivity contribution in [3.63, 3.8) is 0 Å².